The zero-order valence-electron chi connectivity index (χ0n) is 11.4. The molecule has 2 amide bonds. The van der Waals surface area contributed by atoms with Crippen molar-refractivity contribution >= 4 is 11.8 Å². The van der Waals surface area contributed by atoms with E-state index in [-0.39, 0.29) is 18.4 Å². The van der Waals surface area contributed by atoms with E-state index in [4.69, 9.17) is 0 Å². The van der Waals surface area contributed by atoms with E-state index in [1.807, 2.05) is 25.7 Å². The minimum atomic E-state index is -0.437. The summed E-state index contributed by atoms with van der Waals surface area (Å²) in [4.78, 5) is 25.5. The van der Waals surface area contributed by atoms with Crippen LogP contribution in [0, 0.1) is 5.41 Å². The highest BCUT2D eigenvalue weighted by molar-refractivity contribution is 5.87. The molecule has 0 aromatic rings. The van der Waals surface area contributed by atoms with Crippen LogP contribution >= 0.6 is 0 Å². The topological polar surface area (TPSA) is 49.4 Å². The summed E-state index contributed by atoms with van der Waals surface area (Å²) in [5, 5.41) is 2.71. The molecule has 1 fully saturated rings. The van der Waals surface area contributed by atoms with Gasteiger partial charge in [-0.3, -0.25) is 9.59 Å². The van der Waals surface area contributed by atoms with Crippen molar-refractivity contribution in [2.45, 2.75) is 53.0 Å². The van der Waals surface area contributed by atoms with Gasteiger partial charge in [0.2, 0.25) is 11.8 Å². The lowest BCUT2D eigenvalue weighted by atomic mass is 9.96. The normalized spacial score (nSPS) is 21.2. The summed E-state index contributed by atoms with van der Waals surface area (Å²) in [6, 6.07) is 0.308. The Morgan fingerprint density at radius 1 is 1.29 bits per heavy atom. The molecule has 1 heterocycles. The van der Waals surface area contributed by atoms with Crippen molar-refractivity contribution in [2.24, 2.45) is 5.41 Å². The van der Waals surface area contributed by atoms with Gasteiger partial charge in [0.15, 0.2) is 0 Å². The fourth-order valence-corrected chi connectivity index (χ4v) is 1.99. The summed E-state index contributed by atoms with van der Waals surface area (Å²) in [7, 11) is 0. The van der Waals surface area contributed by atoms with Gasteiger partial charge in [0.1, 0.15) is 0 Å². The van der Waals surface area contributed by atoms with Crippen molar-refractivity contribution in [3.63, 3.8) is 0 Å². The number of likely N-dealkylation sites (tertiary alicyclic amines) is 1. The second-order valence-corrected chi connectivity index (χ2v) is 5.86. The molecule has 1 rings (SSSR count). The molecule has 1 atom stereocenters. The molecule has 1 aliphatic heterocycles. The predicted molar refractivity (Wildman–Crippen MR) is 67.5 cm³/mol. The number of rotatable bonds is 2. The van der Waals surface area contributed by atoms with Crippen LogP contribution in [0.3, 0.4) is 0 Å². The summed E-state index contributed by atoms with van der Waals surface area (Å²) in [6.45, 7) is 8.55. The van der Waals surface area contributed by atoms with Crippen molar-refractivity contribution in [2.75, 3.05) is 13.1 Å². The Bertz CT molecular complexity index is 294. The number of carbonyl (C=O) groups excluding carboxylic acids is 2. The van der Waals surface area contributed by atoms with Crippen LogP contribution in [-0.2, 0) is 9.59 Å². The van der Waals surface area contributed by atoms with E-state index in [0.717, 1.165) is 19.4 Å². The Kier molecular flexibility index (Phi) is 4.54. The highest BCUT2D eigenvalue weighted by Gasteiger charge is 2.25. The highest BCUT2D eigenvalue weighted by Crippen LogP contribution is 2.16. The molecule has 0 spiro atoms. The molecule has 0 aromatic carbocycles. The Morgan fingerprint density at radius 2 is 1.94 bits per heavy atom. The molecule has 1 unspecified atom stereocenters. The first-order valence-electron chi connectivity index (χ1n) is 6.40. The van der Waals surface area contributed by atoms with Crippen LogP contribution < -0.4 is 5.32 Å². The minimum Gasteiger partial charge on any atom is -0.347 e. The van der Waals surface area contributed by atoms with Gasteiger partial charge in [-0.05, 0) is 26.2 Å². The SMILES string of the molecule is CC1CCCCN1C(=O)CNC(=O)C(C)(C)C. The summed E-state index contributed by atoms with van der Waals surface area (Å²) in [5.74, 6) is -0.0367. The first kappa shape index (κ1) is 14.0. The summed E-state index contributed by atoms with van der Waals surface area (Å²) >= 11 is 0. The van der Waals surface area contributed by atoms with Crippen LogP contribution in [0.5, 0.6) is 0 Å². The first-order valence-corrected chi connectivity index (χ1v) is 6.40. The molecule has 0 saturated carbocycles. The van der Waals surface area contributed by atoms with Gasteiger partial charge in [0, 0.05) is 18.0 Å². The van der Waals surface area contributed by atoms with Gasteiger partial charge < -0.3 is 10.2 Å². The summed E-state index contributed by atoms with van der Waals surface area (Å²) < 4.78 is 0. The molecule has 4 nitrogen and oxygen atoms in total. The number of amides is 2. The molecule has 4 heteroatoms. The Hall–Kier alpha value is -1.06. The maximum atomic E-state index is 12.0. The summed E-state index contributed by atoms with van der Waals surface area (Å²) in [5.41, 5.74) is -0.437. The Morgan fingerprint density at radius 3 is 2.47 bits per heavy atom. The average Bonchev–Trinajstić information content (AvgIpc) is 2.24. The second kappa shape index (κ2) is 5.52. The van der Waals surface area contributed by atoms with E-state index in [1.165, 1.54) is 6.42 Å². The monoisotopic (exact) mass is 240 g/mol. The predicted octanol–water partition coefficient (Wildman–Crippen LogP) is 1.55. The number of nitrogens with zero attached hydrogens (tertiary/aromatic N) is 1. The zero-order chi connectivity index (χ0) is 13.1. The third-order valence-electron chi connectivity index (χ3n) is 3.20. The van der Waals surface area contributed by atoms with E-state index in [1.54, 1.807) is 0 Å². The molecule has 0 aliphatic carbocycles. The lowest BCUT2D eigenvalue weighted by Gasteiger charge is -2.33. The Labute approximate surface area is 104 Å². The smallest absolute Gasteiger partial charge is 0.242 e. The molecular weight excluding hydrogens is 216 g/mol. The number of piperidine rings is 1. The third kappa shape index (κ3) is 4.02. The molecule has 0 radical (unpaired) electrons. The van der Waals surface area contributed by atoms with Gasteiger partial charge in [-0.1, -0.05) is 20.8 Å². The van der Waals surface area contributed by atoms with E-state index in [0.29, 0.717) is 6.04 Å². The molecule has 1 N–H and O–H groups in total. The summed E-state index contributed by atoms with van der Waals surface area (Å²) in [6.07, 6.45) is 3.33. The second-order valence-electron chi connectivity index (χ2n) is 5.86. The van der Waals surface area contributed by atoms with Gasteiger partial charge in [-0.25, -0.2) is 0 Å². The van der Waals surface area contributed by atoms with Crippen LogP contribution in [0.15, 0.2) is 0 Å². The van der Waals surface area contributed by atoms with Crippen LogP contribution in [0.2, 0.25) is 0 Å². The molecule has 98 valence electrons. The average molecular weight is 240 g/mol. The number of hydrogen-bond donors (Lipinski definition) is 1. The molecule has 1 aliphatic rings. The molecule has 0 bridgehead atoms. The van der Waals surface area contributed by atoms with Crippen LogP contribution in [0.1, 0.15) is 47.0 Å². The lowest BCUT2D eigenvalue weighted by molar-refractivity contribution is -0.137. The number of nitrogens with one attached hydrogen (secondary N) is 1. The van der Waals surface area contributed by atoms with Crippen molar-refractivity contribution < 1.29 is 9.59 Å². The first-order chi connectivity index (χ1) is 7.82. The van der Waals surface area contributed by atoms with Crippen molar-refractivity contribution in [3.05, 3.63) is 0 Å². The molecule has 0 aromatic heterocycles. The van der Waals surface area contributed by atoms with Crippen molar-refractivity contribution in [1.82, 2.24) is 10.2 Å². The van der Waals surface area contributed by atoms with E-state index < -0.39 is 5.41 Å². The van der Waals surface area contributed by atoms with Crippen LogP contribution in [0.4, 0.5) is 0 Å². The van der Waals surface area contributed by atoms with Crippen molar-refractivity contribution in [1.29, 1.82) is 0 Å². The van der Waals surface area contributed by atoms with Crippen LogP contribution in [-0.4, -0.2) is 35.8 Å². The maximum absolute atomic E-state index is 12.0. The van der Waals surface area contributed by atoms with Crippen molar-refractivity contribution in [3.8, 4) is 0 Å². The largest absolute Gasteiger partial charge is 0.347 e. The minimum absolute atomic E-state index is 0.0369. The fourth-order valence-electron chi connectivity index (χ4n) is 1.99. The maximum Gasteiger partial charge on any atom is 0.242 e. The molecule has 17 heavy (non-hydrogen) atoms. The molecular formula is C13H24N2O2. The fraction of sp³-hybridized carbons (Fsp3) is 0.846. The van der Waals surface area contributed by atoms with E-state index in [2.05, 4.69) is 12.2 Å². The highest BCUT2D eigenvalue weighted by atomic mass is 16.2. The third-order valence-corrected chi connectivity index (χ3v) is 3.20. The van der Waals surface area contributed by atoms with Gasteiger partial charge >= 0.3 is 0 Å². The van der Waals surface area contributed by atoms with Crippen LogP contribution in [0.25, 0.3) is 0 Å². The van der Waals surface area contributed by atoms with Gasteiger partial charge in [0.25, 0.3) is 0 Å². The van der Waals surface area contributed by atoms with Gasteiger partial charge in [-0.2, -0.15) is 0 Å². The lowest BCUT2D eigenvalue weighted by Crippen LogP contribution is -2.48. The Balaban J connectivity index is 2.41. The zero-order valence-corrected chi connectivity index (χ0v) is 11.4. The molecule has 1 saturated heterocycles. The standard InChI is InChI=1S/C13H24N2O2/c1-10-7-5-6-8-15(10)11(16)9-14-12(17)13(2,3)4/h10H,5-9H2,1-4H3,(H,14,17). The van der Waals surface area contributed by atoms with Gasteiger partial charge in [0.05, 0.1) is 6.54 Å². The number of hydrogen-bond acceptors (Lipinski definition) is 2. The van der Waals surface area contributed by atoms with E-state index >= 15 is 0 Å². The number of carbonyl (C=O) groups is 2. The van der Waals surface area contributed by atoms with Gasteiger partial charge in [-0.15, -0.1) is 0 Å². The van der Waals surface area contributed by atoms with E-state index in [9.17, 15) is 9.59 Å². The quantitative estimate of drug-likeness (QED) is 0.796.